The van der Waals surface area contributed by atoms with E-state index < -0.39 is 22.6 Å². The fourth-order valence-corrected chi connectivity index (χ4v) is 4.05. The molecule has 0 aliphatic carbocycles. The Kier molecular flexibility index (Phi) is 5.71. The summed E-state index contributed by atoms with van der Waals surface area (Å²) in [7, 11) is 1.80. The van der Waals surface area contributed by atoms with Crippen LogP contribution in [0.3, 0.4) is 0 Å². The average Bonchev–Trinajstić information content (AvgIpc) is 3.26. The van der Waals surface area contributed by atoms with Crippen LogP contribution in [0.25, 0.3) is 44.9 Å². The summed E-state index contributed by atoms with van der Waals surface area (Å²) < 4.78 is 56.6. The van der Waals surface area contributed by atoms with Gasteiger partial charge in [0.05, 0.1) is 28.2 Å². The summed E-state index contributed by atoms with van der Waals surface area (Å²) in [5.74, 6) is -0.932. The molecule has 6 nitrogen and oxygen atoms in total. The number of rotatable bonds is 3. The van der Waals surface area contributed by atoms with Crippen LogP contribution in [0.2, 0.25) is 5.02 Å². The van der Waals surface area contributed by atoms with E-state index in [0.717, 1.165) is 17.2 Å². The Labute approximate surface area is 207 Å². The zero-order chi connectivity index (χ0) is 25.8. The van der Waals surface area contributed by atoms with Crippen molar-refractivity contribution in [1.29, 1.82) is 0 Å². The van der Waals surface area contributed by atoms with Crippen molar-refractivity contribution in [2.75, 3.05) is 0 Å². The van der Waals surface area contributed by atoms with Crippen molar-refractivity contribution in [3.8, 4) is 33.8 Å². The van der Waals surface area contributed by atoms with Crippen molar-refractivity contribution < 1.29 is 17.6 Å². The number of halogens is 5. The van der Waals surface area contributed by atoms with Crippen molar-refractivity contribution in [3.05, 3.63) is 76.6 Å². The van der Waals surface area contributed by atoms with Gasteiger partial charge in [-0.2, -0.15) is 18.3 Å². The first-order chi connectivity index (χ1) is 17.0. The number of hydrogen-bond donors (Lipinski definition) is 0. The van der Waals surface area contributed by atoms with Crippen LogP contribution in [0, 0.1) is 19.7 Å². The Hall–Kier alpha value is -3.92. The first kappa shape index (κ1) is 23.8. The lowest BCUT2D eigenvalue weighted by Gasteiger charge is -2.14. The summed E-state index contributed by atoms with van der Waals surface area (Å²) >= 11 is 5.92. The van der Waals surface area contributed by atoms with Crippen LogP contribution in [0.4, 0.5) is 17.6 Å². The normalized spacial score (nSPS) is 11.9. The van der Waals surface area contributed by atoms with Gasteiger partial charge in [0, 0.05) is 29.9 Å². The number of fused-ring (bicyclic) bond motifs is 1. The topological polar surface area (TPSA) is 69.4 Å². The van der Waals surface area contributed by atoms with E-state index in [9.17, 15) is 13.2 Å². The van der Waals surface area contributed by atoms with E-state index in [4.69, 9.17) is 11.6 Å². The summed E-state index contributed by atoms with van der Waals surface area (Å²) in [6.07, 6.45) is -1.25. The highest BCUT2D eigenvalue weighted by Gasteiger charge is 2.35. The maximum absolute atomic E-state index is 15.1. The lowest BCUT2D eigenvalue weighted by atomic mass is 10.0. The maximum Gasteiger partial charge on any atom is 0.417 e. The van der Waals surface area contributed by atoms with Gasteiger partial charge < -0.3 is 0 Å². The fraction of sp³-hybridized carbons (Fsp3) is 0.160. The highest BCUT2D eigenvalue weighted by Crippen LogP contribution is 2.39. The standard InChI is InChI=1S/C25H17ClF4N6/c1-12-13(2)33-24-22(32-12)21(17-8-19(26)18(9-20(17)27)25(28,29)30)34-23(35-24)15-6-4-5-14(7-15)16-10-31-36(3)11-16/h4-11H,1-3H3. The van der Waals surface area contributed by atoms with Gasteiger partial charge in [0.25, 0.3) is 0 Å². The monoisotopic (exact) mass is 512 g/mol. The van der Waals surface area contributed by atoms with E-state index in [0.29, 0.717) is 23.0 Å². The van der Waals surface area contributed by atoms with Crippen molar-refractivity contribution in [2.24, 2.45) is 7.05 Å². The maximum atomic E-state index is 15.1. The van der Waals surface area contributed by atoms with E-state index >= 15 is 4.39 Å². The molecule has 3 heterocycles. The molecule has 0 aliphatic rings. The third-order valence-corrected chi connectivity index (χ3v) is 6.03. The van der Waals surface area contributed by atoms with Crippen molar-refractivity contribution in [3.63, 3.8) is 0 Å². The Morgan fingerprint density at radius 2 is 1.61 bits per heavy atom. The smallest absolute Gasteiger partial charge is 0.275 e. The minimum Gasteiger partial charge on any atom is -0.275 e. The van der Waals surface area contributed by atoms with Gasteiger partial charge in [-0.05, 0) is 37.6 Å². The number of hydrogen-bond acceptors (Lipinski definition) is 5. The summed E-state index contributed by atoms with van der Waals surface area (Å²) in [5, 5.41) is 3.53. The van der Waals surface area contributed by atoms with Crippen LogP contribution in [-0.4, -0.2) is 29.7 Å². The number of nitrogens with zero attached hydrogens (tertiary/aromatic N) is 6. The SMILES string of the molecule is Cc1nc2nc(-c3cccc(-c4cnn(C)c4)c3)nc(-c3cc(Cl)c(C(F)(F)F)cc3F)c2nc1C. The lowest BCUT2D eigenvalue weighted by Crippen LogP contribution is -2.08. The van der Waals surface area contributed by atoms with Gasteiger partial charge in [0.1, 0.15) is 17.0 Å². The lowest BCUT2D eigenvalue weighted by molar-refractivity contribution is -0.137. The molecule has 0 bridgehead atoms. The largest absolute Gasteiger partial charge is 0.417 e. The van der Waals surface area contributed by atoms with Gasteiger partial charge >= 0.3 is 6.18 Å². The Morgan fingerprint density at radius 3 is 2.31 bits per heavy atom. The molecule has 0 unspecified atom stereocenters. The van der Waals surface area contributed by atoms with Crippen LogP contribution in [0.15, 0.2) is 48.8 Å². The summed E-state index contributed by atoms with van der Waals surface area (Å²) in [4.78, 5) is 18.0. The molecule has 11 heteroatoms. The number of alkyl halides is 3. The molecule has 182 valence electrons. The predicted octanol–water partition coefficient (Wildman–Crippen LogP) is 6.58. The third-order valence-electron chi connectivity index (χ3n) is 5.72. The van der Waals surface area contributed by atoms with E-state index in [1.807, 2.05) is 24.4 Å². The molecule has 0 spiro atoms. The molecule has 0 saturated carbocycles. The van der Waals surface area contributed by atoms with Crippen LogP contribution in [-0.2, 0) is 13.2 Å². The molecule has 5 aromatic rings. The van der Waals surface area contributed by atoms with Gasteiger partial charge in [-0.3, -0.25) is 4.68 Å². The third kappa shape index (κ3) is 4.28. The molecule has 0 aliphatic heterocycles. The second kappa shape index (κ2) is 8.63. The van der Waals surface area contributed by atoms with Crippen LogP contribution >= 0.6 is 11.6 Å². The van der Waals surface area contributed by atoms with Crippen molar-refractivity contribution in [1.82, 2.24) is 29.7 Å². The highest BCUT2D eigenvalue weighted by atomic mass is 35.5. The molecule has 3 aromatic heterocycles. The zero-order valence-electron chi connectivity index (χ0n) is 19.2. The predicted molar refractivity (Wildman–Crippen MR) is 128 cm³/mol. The summed E-state index contributed by atoms with van der Waals surface area (Å²) in [5.41, 5.74) is 2.29. The second-order valence-electron chi connectivity index (χ2n) is 8.26. The molecule has 0 saturated heterocycles. The fourth-order valence-electron chi connectivity index (χ4n) is 3.78. The van der Waals surface area contributed by atoms with Crippen molar-refractivity contribution >= 4 is 22.8 Å². The first-order valence-corrected chi connectivity index (χ1v) is 11.1. The van der Waals surface area contributed by atoms with Gasteiger partial charge in [0.15, 0.2) is 11.5 Å². The Balaban J connectivity index is 1.76. The van der Waals surface area contributed by atoms with Gasteiger partial charge in [-0.1, -0.05) is 29.8 Å². The number of aryl methyl sites for hydroxylation is 3. The summed E-state index contributed by atoms with van der Waals surface area (Å²) in [6.45, 7) is 3.47. The van der Waals surface area contributed by atoms with Crippen LogP contribution in [0.1, 0.15) is 17.0 Å². The molecule has 0 fully saturated rings. The van der Waals surface area contributed by atoms with E-state index in [1.54, 1.807) is 37.8 Å². The quantitative estimate of drug-likeness (QED) is 0.255. The van der Waals surface area contributed by atoms with E-state index in [2.05, 4.69) is 25.0 Å². The van der Waals surface area contributed by atoms with E-state index in [-0.39, 0.29) is 28.2 Å². The molecule has 36 heavy (non-hydrogen) atoms. The molecule has 2 aromatic carbocycles. The minimum atomic E-state index is -4.81. The molecule has 0 atom stereocenters. The molecule has 0 radical (unpaired) electrons. The number of benzene rings is 2. The van der Waals surface area contributed by atoms with Crippen molar-refractivity contribution in [2.45, 2.75) is 20.0 Å². The molecular weight excluding hydrogens is 496 g/mol. The van der Waals surface area contributed by atoms with Gasteiger partial charge in [-0.25, -0.2) is 24.3 Å². The first-order valence-electron chi connectivity index (χ1n) is 10.7. The van der Waals surface area contributed by atoms with Gasteiger partial charge in [0.2, 0.25) is 0 Å². The van der Waals surface area contributed by atoms with Crippen LogP contribution < -0.4 is 0 Å². The molecule has 0 N–H and O–H groups in total. The molecule has 0 amide bonds. The Bertz CT molecular complexity index is 1640. The summed E-state index contributed by atoms with van der Waals surface area (Å²) in [6, 6.07) is 8.59. The average molecular weight is 513 g/mol. The second-order valence-corrected chi connectivity index (χ2v) is 8.66. The van der Waals surface area contributed by atoms with Crippen LogP contribution in [0.5, 0.6) is 0 Å². The Morgan fingerprint density at radius 1 is 0.889 bits per heavy atom. The zero-order valence-corrected chi connectivity index (χ0v) is 19.9. The minimum absolute atomic E-state index is 0.00879. The molecular formula is C25H17ClF4N6. The highest BCUT2D eigenvalue weighted by molar-refractivity contribution is 6.31. The molecule has 5 rings (SSSR count). The number of aromatic nitrogens is 6. The van der Waals surface area contributed by atoms with Gasteiger partial charge in [-0.15, -0.1) is 0 Å². The van der Waals surface area contributed by atoms with E-state index in [1.165, 1.54) is 0 Å².